The van der Waals surface area contributed by atoms with E-state index in [1.807, 2.05) is 24.1 Å². The number of hydrogen-bond donors (Lipinski definition) is 0. The predicted molar refractivity (Wildman–Crippen MR) is 68.0 cm³/mol. The molecule has 6 heteroatoms. The Morgan fingerprint density at radius 3 is 2.62 bits per heavy atom. The largest absolute Gasteiger partial charge is 0.300 e. The van der Waals surface area contributed by atoms with Crippen molar-refractivity contribution in [3.8, 4) is 0 Å². The lowest BCUT2D eigenvalue weighted by atomic mass is 10.3. The molecule has 0 spiro atoms. The van der Waals surface area contributed by atoms with E-state index in [-0.39, 0.29) is 5.75 Å². The summed E-state index contributed by atoms with van der Waals surface area (Å²) in [4.78, 5) is 6.17. The third kappa shape index (κ3) is 5.58. The lowest BCUT2D eigenvalue weighted by Crippen LogP contribution is -2.25. The van der Waals surface area contributed by atoms with Gasteiger partial charge in [-0.1, -0.05) is 0 Å². The van der Waals surface area contributed by atoms with E-state index in [0.29, 0.717) is 13.1 Å². The highest BCUT2D eigenvalue weighted by Gasteiger charge is 2.06. The molecule has 1 rings (SSSR count). The van der Waals surface area contributed by atoms with Crippen LogP contribution in [0.5, 0.6) is 0 Å². The first-order valence-corrected chi connectivity index (χ1v) is 7.69. The Labute approximate surface area is 105 Å². The molecule has 16 heavy (non-hydrogen) atoms. The van der Waals surface area contributed by atoms with Crippen LogP contribution in [0, 0.1) is 0 Å². The zero-order chi connectivity index (χ0) is 12.2. The molecule has 0 unspecified atom stereocenters. The van der Waals surface area contributed by atoms with Crippen molar-refractivity contribution in [2.45, 2.75) is 6.54 Å². The van der Waals surface area contributed by atoms with Crippen LogP contribution >= 0.6 is 15.9 Å². The van der Waals surface area contributed by atoms with Gasteiger partial charge >= 0.3 is 0 Å². The average molecular weight is 307 g/mol. The van der Waals surface area contributed by atoms with E-state index in [1.54, 1.807) is 6.20 Å². The lowest BCUT2D eigenvalue weighted by Gasteiger charge is -2.15. The maximum Gasteiger partial charge on any atom is 0.148 e. The molecule has 1 aromatic heterocycles. The molecule has 0 fully saturated rings. The third-order valence-corrected chi connectivity index (χ3v) is 3.46. The normalized spacial score (nSPS) is 12.0. The highest BCUT2D eigenvalue weighted by Crippen LogP contribution is 2.08. The molecule has 0 radical (unpaired) electrons. The van der Waals surface area contributed by atoms with E-state index in [0.717, 1.165) is 10.2 Å². The summed E-state index contributed by atoms with van der Waals surface area (Å²) >= 11 is 3.31. The van der Waals surface area contributed by atoms with E-state index in [9.17, 15) is 8.42 Å². The Hall–Kier alpha value is -0.460. The summed E-state index contributed by atoms with van der Waals surface area (Å²) in [5.41, 5.74) is 0.930. The smallest absolute Gasteiger partial charge is 0.148 e. The molecule has 1 heterocycles. The van der Waals surface area contributed by atoms with Gasteiger partial charge in [-0.25, -0.2) is 8.42 Å². The molecule has 0 aliphatic heterocycles. The van der Waals surface area contributed by atoms with Crippen molar-refractivity contribution in [1.29, 1.82) is 0 Å². The second kappa shape index (κ2) is 5.75. The SMILES string of the molecule is CN(CCS(C)(=O)=O)Cc1ccc(Br)cn1. The third-order valence-electron chi connectivity index (χ3n) is 2.06. The summed E-state index contributed by atoms with van der Waals surface area (Å²) in [6.45, 7) is 1.18. The summed E-state index contributed by atoms with van der Waals surface area (Å²) in [7, 11) is -1.00. The van der Waals surface area contributed by atoms with Crippen molar-refractivity contribution >= 4 is 25.8 Å². The van der Waals surface area contributed by atoms with Gasteiger partial charge in [0.05, 0.1) is 11.4 Å². The first kappa shape index (κ1) is 13.6. The van der Waals surface area contributed by atoms with Crippen LogP contribution in [0.15, 0.2) is 22.8 Å². The maximum absolute atomic E-state index is 11.0. The number of pyridine rings is 1. The fourth-order valence-corrected chi connectivity index (χ4v) is 2.06. The maximum atomic E-state index is 11.0. The molecule has 1 aromatic rings. The van der Waals surface area contributed by atoms with Crippen molar-refractivity contribution in [3.63, 3.8) is 0 Å². The molecule has 0 amide bonds. The van der Waals surface area contributed by atoms with E-state index in [2.05, 4.69) is 20.9 Å². The van der Waals surface area contributed by atoms with Crippen LogP contribution < -0.4 is 0 Å². The molecule has 0 aromatic carbocycles. The molecule has 90 valence electrons. The van der Waals surface area contributed by atoms with Crippen LogP contribution in [0.3, 0.4) is 0 Å². The Morgan fingerprint density at radius 2 is 2.12 bits per heavy atom. The summed E-state index contributed by atoms with van der Waals surface area (Å²) in [6.07, 6.45) is 2.98. The quantitative estimate of drug-likeness (QED) is 0.823. The van der Waals surface area contributed by atoms with Gasteiger partial charge in [0.2, 0.25) is 0 Å². The zero-order valence-corrected chi connectivity index (χ0v) is 11.8. The fraction of sp³-hybridized carbons (Fsp3) is 0.500. The minimum absolute atomic E-state index is 0.181. The van der Waals surface area contributed by atoms with Gasteiger partial charge in [-0.05, 0) is 35.1 Å². The number of halogens is 1. The number of hydrogen-bond acceptors (Lipinski definition) is 4. The molecule has 0 saturated carbocycles. The van der Waals surface area contributed by atoms with Gasteiger partial charge in [0, 0.05) is 30.0 Å². The highest BCUT2D eigenvalue weighted by atomic mass is 79.9. The van der Waals surface area contributed by atoms with Crippen molar-refractivity contribution < 1.29 is 8.42 Å². The van der Waals surface area contributed by atoms with Gasteiger partial charge in [-0.2, -0.15) is 0 Å². The van der Waals surface area contributed by atoms with Crippen LogP contribution in [0.4, 0.5) is 0 Å². The van der Waals surface area contributed by atoms with Gasteiger partial charge < -0.3 is 0 Å². The molecular formula is C10H15BrN2O2S. The van der Waals surface area contributed by atoms with Crippen molar-refractivity contribution in [1.82, 2.24) is 9.88 Å². The Bertz CT molecular complexity index is 431. The summed E-state index contributed by atoms with van der Waals surface area (Å²) in [5, 5.41) is 0. The molecule has 0 atom stereocenters. The molecule has 0 aliphatic carbocycles. The zero-order valence-electron chi connectivity index (χ0n) is 9.35. The predicted octanol–water partition coefficient (Wildman–Crippen LogP) is 1.32. The molecule has 0 N–H and O–H groups in total. The monoisotopic (exact) mass is 306 g/mol. The minimum Gasteiger partial charge on any atom is -0.300 e. The van der Waals surface area contributed by atoms with Crippen LogP contribution in [0.1, 0.15) is 5.69 Å². The second-order valence-corrected chi connectivity index (χ2v) is 7.01. The molecule has 0 aliphatic rings. The fourth-order valence-electron chi connectivity index (χ4n) is 1.18. The molecule has 0 bridgehead atoms. The summed E-state index contributed by atoms with van der Waals surface area (Å²) in [6, 6.07) is 3.84. The molecular weight excluding hydrogens is 292 g/mol. The van der Waals surface area contributed by atoms with E-state index in [1.165, 1.54) is 6.26 Å². The number of nitrogens with zero attached hydrogens (tertiary/aromatic N) is 2. The number of aromatic nitrogens is 1. The van der Waals surface area contributed by atoms with Gasteiger partial charge in [0.15, 0.2) is 0 Å². The average Bonchev–Trinajstić information content (AvgIpc) is 2.18. The van der Waals surface area contributed by atoms with Gasteiger partial charge in [0.25, 0.3) is 0 Å². The van der Waals surface area contributed by atoms with Crippen LogP contribution in [0.2, 0.25) is 0 Å². The van der Waals surface area contributed by atoms with Crippen molar-refractivity contribution in [2.24, 2.45) is 0 Å². The van der Waals surface area contributed by atoms with Gasteiger partial charge in [-0.3, -0.25) is 9.88 Å². The Morgan fingerprint density at radius 1 is 1.44 bits per heavy atom. The number of sulfone groups is 1. The summed E-state index contributed by atoms with van der Waals surface area (Å²) in [5.74, 6) is 0.181. The Kier molecular flexibility index (Phi) is 4.89. The minimum atomic E-state index is -2.89. The van der Waals surface area contributed by atoms with Crippen molar-refractivity contribution in [2.75, 3.05) is 25.6 Å². The van der Waals surface area contributed by atoms with E-state index in [4.69, 9.17) is 0 Å². The van der Waals surface area contributed by atoms with E-state index < -0.39 is 9.84 Å². The first-order valence-electron chi connectivity index (χ1n) is 4.83. The standard InChI is InChI=1S/C10H15BrN2O2S/c1-13(5-6-16(2,14)15)8-10-4-3-9(11)7-12-10/h3-4,7H,5-6,8H2,1-2H3. The molecule has 0 saturated heterocycles. The van der Waals surface area contributed by atoms with Gasteiger partial charge in [-0.15, -0.1) is 0 Å². The van der Waals surface area contributed by atoms with Crippen LogP contribution in [0.25, 0.3) is 0 Å². The molecule has 4 nitrogen and oxygen atoms in total. The highest BCUT2D eigenvalue weighted by molar-refractivity contribution is 9.10. The van der Waals surface area contributed by atoms with Crippen LogP contribution in [-0.2, 0) is 16.4 Å². The first-order chi connectivity index (χ1) is 7.37. The second-order valence-electron chi connectivity index (χ2n) is 3.84. The Balaban J connectivity index is 2.45. The van der Waals surface area contributed by atoms with Crippen molar-refractivity contribution in [3.05, 3.63) is 28.5 Å². The van der Waals surface area contributed by atoms with E-state index >= 15 is 0 Å². The van der Waals surface area contributed by atoms with Gasteiger partial charge in [0.1, 0.15) is 9.84 Å². The van der Waals surface area contributed by atoms with Crippen LogP contribution in [-0.4, -0.2) is 43.9 Å². The lowest BCUT2D eigenvalue weighted by molar-refractivity contribution is 0.342. The summed E-state index contributed by atoms with van der Waals surface area (Å²) < 4.78 is 22.9. The topological polar surface area (TPSA) is 50.3 Å². The number of rotatable bonds is 5.